The molecule has 7 rings (SSSR count). The van der Waals surface area contributed by atoms with Crippen LogP contribution in [0, 0.1) is 0 Å². The second-order valence-electron chi connectivity index (χ2n) is 9.55. The van der Waals surface area contributed by atoms with Gasteiger partial charge in [-0.3, -0.25) is 0 Å². The molecule has 2 saturated heterocycles. The lowest BCUT2D eigenvalue weighted by Gasteiger charge is -2.08. The molecule has 0 radical (unpaired) electrons. The predicted octanol–water partition coefficient (Wildman–Crippen LogP) is 5.75. The van der Waals surface area contributed by atoms with Gasteiger partial charge in [0.1, 0.15) is 22.9 Å². The van der Waals surface area contributed by atoms with Crippen LogP contribution in [0.15, 0.2) is 60.7 Å². The van der Waals surface area contributed by atoms with Gasteiger partial charge in [-0.1, -0.05) is 24.3 Å². The number of hydrogen-bond acceptors (Lipinski definition) is 5. The Bertz CT molecular complexity index is 1490. The average Bonchev–Trinajstić information content (AvgIpc) is 3.69. The summed E-state index contributed by atoms with van der Waals surface area (Å²) in [6.45, 7) is 2.11. The van der Waals surface area contributed by atoms with E-state index in [2.05, 4.69) is 57.0 Å². The first-order chi connectivity index (χ1) is 17.3. The summed E-state index contributed by atoms with van der Waals surface area (Å²) in [7, 11) is 0. The molecule has 2 aromatic heterocycles. The number of benzene rings is 3. The Kier molecular flexibility index (Phi) is 5.03. The quantitative estimate of drug-likeness (QED) is 0.266. The normalized spacial score (nSPS) is 20.2. The first kappa shape index (κ1) is 20.7. The van der Waals surface area contributed by atoms with Crippen LogP contribution in [-0.2, 0) is 0 Å². The van der Waals surface area contributed by atoms with Gasteiger partial charge in [-0.15, -0.1) is 0 Å². The minimum absolute atomic E-state index is 0.298. The Balaban J connectivity index is 1.13. The third-order valence-electron chi connectivity index (χ3n) is 7.19. The maximum absolute atomic E-state index is 6.26. The van der Waals surface area contributed by atoms with Crippen molar-refractivity contribution in [3.8, 4) is 22.6 Å². The zero-order valence-electron chi connectivity index (χ0n) is 19.5. The Morgan fingerprint density at radius 1 is 0.714 bits per heavy atom. The summed E-state index contributed by atoms with van der Waals surface area (Å²) < 4.78 is 6.26. The molecule has 2 atom stereocenters. The molecule has 0 amide bonds. The van der Waals surface area contributed by atoms with E-state index in [9.17, 15) is 0 Å². The number of aromatic amines is 2. The van der Waals surface area contributed by atoms with Crippen LogP contribution in [0.3, 0.4) is 0 Å². The van der Waals surface area contributed by atoms with Crippen molar-refractivity contribution in [1.82, 2.24) is 30.6 Å². The van der Waals surface area contributed by atoms with Crippen molar-refractivity contribution in [2.75, 3.05) is 13.1 Å². The van der Waals surface area contributed by atoms with E-state index in [4.69, 9.17) is 14.7 Å². The van der Waals surface area contributed by atoms with Gasteiger partial charge in [-0.05, 0) is 86.3 Å². The summed E-state index contributed by atoms with van der Waals surface area (Å²) in [4.78, 5) is 16.7. The van der Waals surface area contributed by atoms with E-state index in [0.717, 1.165) is 82.3 Å². The molecule has 2 unspecified atom stereocenters. The summed E-state index contributed by atoms with van der Waals surface area (Å²) in [5.41, 5.74) is 6.24. The number of nitrogens with one attached hydrogen (secondary N) is 4. The van der Waals surface area contributed by atoms with Crippen LogP contribution < -0.4 is 15.4 Å². The van der Waals surface area contributed by atoms with Crippen LogP contribution in [0.4, 0.5) is 0 Å². The fraction of sp³-hybridized carbons (Fsp3) is 0.286. The van der Waals surface area contributed by atoms with Crippen LogP contribution in [0.25, 0.3) is 33.2 Å². The summed E-state index contributed by atoms with van der Waals surface area (Å²) in [6.07, 6.45) is 4.64. The fourth-order valence-electron chi connectivity index (χ4n) is 5.32. The number of imidazole rings is 2. The molecule has 176 valence electrons. The van der Waals surface area contributed by atoms with Gasteiger partial charge in [0.05, 0.1) is 28.6 Å². The lowest BCUT2D eigenvalue weighted by molar-refractivity contribution is 0.487. The van der Waals surface area contributed by atoms with E-state index < -0.39 is 0 Å². The SMILES string of the molecule is c1cc(Oc2ccc(-c3ccc4[nH]c(C5CCCN5)nc4c3)cc2)c2nc(C3CCCN3)[nH]c2c1. The molecule has 2 aliphatic heterocycles. The molecule has 7 heteroatoms. The van der Waals surface area contributed by atoms with E-state index in [1.807, 2.05) is 24.3 Å². The average molecular weight is 465 g/mol. The highest BCUT2D eigenvalue weighted by Crippen LogP contribution is 2.33. The minimum atomic E-state index is 0.298. The second-order valence-corrected chi connectivity index (χ2v) is 9.55. The first-order valence-electron chi connectivity index (χ1n) is 12.5. The molecule has 35 heavy (non-hydrogen) atoms. The molecule has 0 spiro atoms. The number of para-hydroxylation sites is 1. The second kappa shape index (κ2) is 8.52. The molecule has 2 aliphatic rings. The molecule has 4 N–H and O–H groups in total. The highest BCUT2D eigenvalue weighted by atomic mass is 16.5. The van der Waals surface area contributed by atoms with Gasteiger partial charge in [0.25, 0.3) is 0 Å². The van der Waals surface area contributed by atoms with Crippen molar-refractivity contribution in [2.24, 2.45) is 0 Å². The van der Waals surface area contributed by atoms with Gasteiger partial charge < -0.3 is 25.3 Å². The van der Waals surface area contributed by atoms with E-state index in [1.54, 1.807) is 0 Å². The van der Waals surface area contributed by atoms with E-state index in [1.165, 1.54) is 12.8 Å². The van der Waals surface area contributed by atoms with E-state index in [0.29, 0.717) is 12.1 Å². The third kappa shape index (κ3) is 3.87. The maximum Gasteiger partial charge on any atom is 0.155 e. The van der Waals surface area contributed by atoms with Crippen molar-refractivity contribution < 1.29 is 4.74 Å². The summed E-state index contributed by atoms with van der Waals surface area (Å²) in [5, 5.41) is 7.02. The summed E-state index contributed by atoms with van der Waals surface area (Å²) in [6, 6.07) is 21.3. The first-order valence-corrected chi connectivity index (χ1v) is 12.5. The number of fused-ring (bicyclic) bond motifs is 2. The van der Waals surface area contributed by atoms with E-state index >= 15 is 0 Å². The molecule has 2 fully saturated rings. The van der Waals surface area contributed by atoms with Gasteiger partial charge in [0.2, 0.25) is 0 Å². The third-order valence-corrected chi connectivity index (χ3v) is 7.19. The van der Waals surface area contributed by atoms with Gasteiger partial charge in [0, 0.05) is 0 Å². The van der Waals surface area contributed by atoms with Gasteiger partial charge in [-0.25, -0.2) is 9.97 Å². The number of aromatic nitrogens is 4. The molecule has 0 saturated carbocycles. The van der Waals surface area contributed by atoms with Crippen LogP contribution in [0.5, 0.6) is 11.5 Å². The maximum atomic E-state index is 6.26. The molecular weight excluding hydrogens is 436 g/mol. The van der Waals surface area contributed by atoms with E-state index in [-0.39, 0.29) is 0 Å². The summed E-state index contributed by atoms with van der Waals surface area (Å²) >= 11 is 0. The highest BCUT2D eigenvalue weighted by Gasteiger charge is 2.21. The highest BCUT2D eigenvalue weighted by molar-refractivity contribution is 5.83. The predicted molar refractivity (Wildman–Crippen MR) is 138 cm³/mol. The van der Waals surface area contributed by atoms with Crippen LogP contribution in [-0.4, -0.2) is 33.0 Å². The molecule has 5 aromatic rings. The van der Waals surface area contributed by atoms with Crippen molar-refractivity contribution in [2.45, 2.75) is 37.8 Å². The van der Waals surface area contributed by atoms with Crippen LogP contribution >= 0.6 is 0 Å². The molecule has 0 bridgehead atoms. The number of hydrogen-bond donors (Lipinski definition) is 4. The Morgan fingerprint density at radius 2 is 1.43 bits per heavy atom. The van der Waals surface area contributed by atoms with Crippen molar-refractivity contribution in [3.63, 3.8) is 0 Å². The van der Waals surface area contributed by atoms with Crippen LogP contribution in [0.1, 0.15) is 49.4 Å². The van der Waals surface area contributed by atoms with Gasteiger partial charge >= 0.3 is 0 Å². The van der Waals surface area contributed by atoms with Crippen molar-refractivity contribution in [1.29, 1.82) is 0 Å². The lowest BCUT2D eigenvalue weighted by atomic mass is 10.1. The molecule has 0 aliphatic carbocycles. The van der Waals surface area contributed by atoms with Gasteiger partial charge in [0.15, 0.2) is 5.75 Å². The molecule has 4 heterocycles. The largest absolute Gasteiger partial charge is 0.455 e. The van der Waals surface area contributed by atoms with Crippen molar-refractivity contribution >= 4 is 22.1 Å². The Hall–Kier alpha value is -3.68. The van der Waals surface area contributed by atoms with Crippen molar-refractivity contribution in [3.05, 3.63) is 72.3 Å². The monoisotopic (exact) mass is 464 g/mol. The summed E-state index contributed by atoms with van der Waals surface area (Å²) in [5.74, 6) is 3.59. The van der Waals surface area contributed by atoms with Gasteiger partial charge in [-0.2, -0.15) is 0 Å². The zero-order valence-corrected chi connectivity index (χ0v) is 19.5. The Labute approximate surface area is 203 Å². The number of nitrogens with zero attached hydrogens (tertiary/aromatic N) is 2. The lowest BCUT2D eigenvalue weighted by Crippen LogP contribution is -2.14. The fourth-order valence-corrected chi connectivity index (χ4v) is 5.32. The molecule has 7 nitrogen and oxygen atoms in total. The molecule has 3 aromatic carbocycles. The Morgan fingerprint density at radius 3 is 2.17 bits per heavy atom. The topological polar surface area (TPSA) is 90.7 Å². The number of rotatable bonds is 5. The number of ether oxygens (including phenoxy) is 1. The van der Waals surface area contributed by atoms with Crippen LogP contribution in [0.2, 0.25) is 0 Å². The number of H-pyrrole nitrogens is 2. The molecular formula is C28H28N6O. The smallest absolute Gasteiger partial charge is 0.155 e. The zero-order chi connectivity index (χ0) is 23.2. The standard InChI is InChI=1S/C28H28N6O/c1-4-21-26(34-28(32-21)23-6-3-15-30-23)25(7-1)35-19-11-8-17(9-12-19)18-10-13-20-24(16-18)33-27(31-20)22-5-2-14-29-22/h1,4,7-13,16,22-23,29-30H,2-3,5-6,14-15H2,(H,31,33)(H,32,34). The minimum Gasteiger partial charge on any atom is -0.455 e.